The molecule has 1 fully saturated rings. The topological polar surface area (TPSA) is 37.7 Å². The highest BCUT2D eigenvalue weighted by Gasteiger charge is 2.31. The molecule has 1 aliphatic rings. The van der Waals surface area contributed by atoms with E-state index in [0.717, 1.165) is 32.8 Å². The van der Waals surface area contributed by atoms with Crippen molar-refractivity contribution in [1.82, 2.24) is 10.6 Å². The van der Waals surface area contributed by atoms with Crippen LogP contribution in [-0.4, -0.2) is 37.5 Å². The quantitative estimate of drug-likeness (QED) is 0.677. The highest BCUT2D eigenvalue weighted by molar-refractivity contribution is 7.80. The van der Waals surface area contributed by atoms with Gasteiger partial charge in [-0.1, -0.05) is 60.7 Å². The third-order valence-corrected chi connectivity index (χ3v) is 5.15. The fourth-order valence-electron chi connectivity index (χ4n) is 3.60. The minimum Gasteiger partial charge on any atom is -0.370 e. The highest BCUT2D eigenvalue weighted by atomic mass is 32.1. The molecule has 0 saturated carbocycles. The van der Waals surface area contributed by atoms with E-state index in [4.69, 9.17) is 17.0 Å². The zero-order valence-corrected chi connectivity index (χ0v) is 16.1. The summed E-state index contributed by atoms with van der Waals surface area (Å²) in [6, 6.07) is 21.6. The van der Waals surface area contributed by atoms with Crippen molar-refractivity contribution < 1.29 is 9.64 Å². The van der Waals surface area contributed by atoms with Crippen molar-refractivity contribution in [2.24, 2.45) is 0 Å². The van der Waals surface area contributed by atoms with Gasteiger partial charge in [0.15, 0.2) is 5.11 Å². The fraction of sp³-hybridized carbons (Fsp3) is 0.381. The van der Waals surface area contributed by atoms with Crippen molar-refractivity contribution in [3.8, 4) is 0 Å². The molecule has 0 unspecified atom stereocenters. The van der Waals surface area contributed by atoms with E-state index < -0.39 is 0 Å². The largest absolute Gasteiger partial charge is 0.370 e. The first kappa shape index (κ1) is 18.8. The summed E-state index contributed by atoms with van der Waals surface area (Å²) in [5, 5.41) is 7.53. The molecular weight excluding hydrogens is 342 g/mol. The average Bonchev–Trinajstić information content (AvgIpc) is 2.69. The van der Waals surface area contributed by atoms with Crippen LogP contribution in [0.1, 0.15) is 24.1 Å². The molecular formula is C21H28N3OS+. The summed E-state index contributed by atoms with van der Waals surface area (Å²) in [5.41, 5.74) is 2.57. The Morgan fingerprint density at radius 2 is 1.65 bits per heavy atom. The molecule has 2 aromatic rings. The van der Waals surface area contributed by atoms with Crippen LogP contribution in [-0.2, 0) is 11.3 Å². The van der Waals surface area contributed by atoms with E-state index >= 15 is 0 Å². The Morgan fingerprint density at radius 1 is 1.04 bits per heavy atom. The first-order valence-corrected chi connectivity index (χ1v) is 9.70. The minimum atomic E-state index is 0.223. The Morgan fingerprint density at radius 3 is 2.31 bits per heavy atom. The van der Waals surface area contributed by atoms with Crippen molar-refractivity contribution in [1.29, 1.82) is 0 Å². The molecule has 4 nitrogen and oxygen atoms in total. The van der Waals surface area contributed by atoms with Crippen molar-refractivity contribution >= 4 is 17.3 Å². The molecule has 0 bridgehead atoms. The van der Waals surface area contributed by atoms with E-state index in [2.05, 4.69) is 60.0 Å². The molecule has 26 heavy (non-hydrogen) atoms. The Hall–Kier alpha value is -1.95. The molecule has 1 saturated heterocycles. The zero-order valence-electron chi connectivity index (χ0n) is 15.3. The molecule has 1 aliphatic heterocycles. The summed E-state index contributed by atoms with van der Waals surface area (Å²) in [4.78, 5) is 1.55. The number of rotatable bonds is 6. The SMILES string of the molecule is C[C@@H](NC(=S)NCc1ccccc1)[C@H](c1ccccc1)[NH+]1CCOCC1. The number of morpholine rings is 1. The molecule has 0 aliphatic carbocycles. The maximum absolute atomic E-state index is 5.55. The highest BCUT2D eigenvalue weighted by Crippen LogP contribution is 2.14. The van der Waals surface area contributed by atoms with Crippen molar-refractivity contribution in [2.45, 2.75) is 25.6 Å². The van der Waals surface area contributed by atoms with Gasteiger partial charge in [-0.2, -0.15) is 0 Å². The summed E-state index contributed by atoms with van der Waals surface area (Å²) >= 11 is 5.54. The van der Waals surface area contributed by atoms with Crippen LogP contribution in [0.15, 0.2) is 60.7 Å². The molecule has 3 N–H and O–H groups in total. The standard InChI is InChI=1S/C21H27N3OS/c1-17(23-21(26)22-16-18-8-4-2-5-9-18)20(19-10-6-3-7-11-19)24-12-14-25-15-13-24/h2-11,17,20H,12-16H2,1H3,(H2,22,23,26)/p+1/t17-,20-/m1/s1. The van der Waals surface area contributed by atoms with Gasteiger partial charge in [0.25, 0.3) is 0 Å². The van der Waals surface area contributed by atoms with E-state index in [9.17, 15) is 0 Å². The van der Waals surface area contributed by atoms with Crippen LogP contribution in [0, 0.1) is 0 Å². The van der Waals surface area contributed by atoms with Crippen LogP contribution < -0.4 is 15.5 Å². The van der Waals surface area contributed by atoms with Gasteiger partial charge in [-0.15, -0.1) is 0 Å². The van der Waals surface area contributed by atoms with Gasteiger partial charge in [-0.25, -0.2) is 0 Å². The molecule has 0 amide bonds. The maximum atomic E-state index is 5.55. The number of thiocarbonyl (C=S) groups is 1. The van der Waals surface area contributed by atoms with Crippen molar-refractivity contribution in [2.75, 3.05) is 26.3 Å². The van der Waals surface area contributed by atoms with Gasteiger partial charge in [0.2, 0.25) is 0 Å². The second-order valence-corrected chi connectivity index (χ2v) is 7.17. The Labute approximate surface area is 161 Å². The van der Waals surface area contributed by atoms with E-state index in [0.29, 0.717) is 11.2 Å². The molecule has 5 heteroatoms. The van der Waals surface area contributed by atoms with Gasteiger partial charge in [0.05, 0.1) is 19.3 Å². The lowest BCUT2D eigenvalue weighted by Gasteiger charge is -2.35. The Balaban J connectivity index is 1.63. The molecule has 0 radical (unpaired) electrons. The summed E-state index contributed by atoms with van der Waals surface area (Å²) in [7, 11) is 0. The van der Waals surface area contributed by atoms with Gasteiger partial charge in [-0.3, -0.25) is 0 Å². The van der Waals surface area contributed by atoms with E-state index in [-0.39, 0.29) is 6.04 Å². The first-order chi connectivity index (χ1) is 12.7. The van der Waals surface area contributed by atoms with Crippen molar-refractivity contribution in [3.63, 3.8) is 0 Å². The van der Waals surface area contributed by atoms with Crippen molar-refractivity contribution in [3.05, 3.63) is 71.8 Å². The van der Waals surface area contributed by atoms with Crippen LogP contribution in [0.3, 0.4) is 0 Å². The summed E-state index contributed by atoms with van der Waals surface area (Å²) in [6.45, 7) is 6.65. The summed E-state index contributed by atoms with van der Waals surface area (Å²) < 4.78 is 5.55. The van der Waals surface area contributed by atoms with E-state index in [1.165, 1.54) is 11.1 Å². The van der Waals surface area contributed by atoms with Gasteiger partial charge < -0.3 is 20.3 Å². The number of ether oxygens (including phenoxy) is 1. The lowest BCUT2D eigenvalue weighted by atomic mass is 9.98. The van der Waals surface area contributed by atoms with Crippen LogP contribution >= 0.6 is 12.2 Å². The van der Waals surface area contributed by atoms with Crippen LogP contribution in [0.4, 0.5) is 0 Å². The molecule has 2 atom stereocenters. The fourth-order valence-corrected chi connectivity index (χ4v) is 3.86. The molecule has 2 aromatic carbocycles. The Kier molecular flexibility index (Phi) is 7.00. The third kappa shape index (κ3) is 5.27. The maximum Gasteiger partial charge on any atom is 0.167 e. The van der Waals surface area contributed by atoms with Gasteiger partial charge in [0.1, 0.15) is 19.1 Å². The average molecular weight is 371 g/mol. The first-order valence-electron chi connectivity index (χ1n) is 9.29. The van der Waals surface area contributed by atoms with Gasteiger partial charge in [0, 0.05) is 12.1 Å². The molecule has 0 spiro atoms. The van der Waals surface area contributed by atoms with Gasteiger partial charge >= 0.3 is 0 Å². The van der Waals surface area contributed by atoms with E-state index in [1.807, 2.05) is 18.2 Å². The van der Waals surface area contributed by atoms with E-state index in [1.54, 1.807) is 4.90 Å². The molecule has 138 valence electrons. The minimum absolute atomic E-state index is 0.223. The normalized spacial score (nSPS) is 17.3. The number of quaternary nitrogens is 1. The lowest BCUT2D eigenvalue weighted by molar-refractivity contribution is -0.940. The molecule has 0 aromatic heterocycles. The second kappa shape index (κ2) is 9.67. The smallest absolute Gasteiger partial charge is 0.167 e. The third-order valence-electron chi connectivity index (χ3n) is 4.89. The molecule has 1 heterocycles. The predicted octanol–water partition coefficient (Wildman–Crippen LogP) is 1.70. The van der Waals surface area contributed by atoms with Gasteiger partial charge in [-0.05, 0) is 24.7 Å². The molecule has 3 rings (SSSR count). The number of hydrogen-bond donors (Lipinski definition) is 3. The van der Waals surface area contributed by atoms with Crippen LogP contribution in [0.5, 0.6) is 0 Å². The summed E-state index contributed by atoms with van der Waals surface area (Å²) in [6.07, 6.45) is 0. The predicted molar refractivity (Wildman–Crippen MR) is 109 cm³/mol. The zero-order chi connectivity index (χ0) is 18.2. The van der Waals surface area contributed by atoms with Crippen LogP contribution in [0.2, 0.25) is 0 Å². The number of benzene rings is 2. The lowest BCUT2D eigenvalue weighted by Crippen LogP contribution is -3.15. The monoisotopic (exact) mass is 370 g/mol. The number of hydrogen-bond acceptors (Lipinski definition) is 2. The summed E-state index contributed by atoms with van der Waals surface area (Å²) in [5.74, 6) is 0. The van der Waals surface area contributed by atoms with Crippen LogP contribution in [0.25, 0.3) is 0 Å². The second-order valence-electron chi connectivity index (χ2n) is 6.76. The Bertz CT molecular complexity index is 674. The number of nitrogens with one attached hydrogen (secondary N) is 3.